The summed E-state index contributed by atoms with van der Waals surface area (Å²) in [6.07, 6.45) is 6.73. The van der Waals surface area contributed by atoms with E-state index in [1.165, 1.54) is 25.3 Å². The molecule has 5 heteroatoms. The third-order valence-corrected chi connectivity index (χ3v) is 1.80. The minimum absolute atomic E-state index is 0. The van der Waals surface area contributed by atoms with Gasteiger partial charge in [0.15, 0.2) is 5.05 Å². The number of hydrogen-bond donors (Lipinski definition) is 1. The van der Waals surface area contributed by atoms with Gasteiger partial charge in [0.25, 0.3) is 0 Å². The monoisotopic (exact) mass is 294 g/mol. The quantitative estimate of drug-likeness (QED) is 0.479. The fraction of sp³-hybridized carbons (Fsp3) is 0.538. The van der Waals surface area contributed by atoms with Gasteiger partial charge in [0, 0.05) is 0 Å². The van der Waals surface area contributed by atoms with E-state index in [0.717, 1.165) is 6.08 Å². The van der Waals surface area contributed by atoms with Crippen molar-refractivity contribution in [3.8, 4) is 0 Å². The maximum Gasteiger partial charge on any atom is 0.208 e. The van der Waals surface area contributed by atoms with E-state index in [2.05, 4.69) is 51.9 Å². The van der Waals surface area contributed by atoms with Crippen molar-refractivity contribution in [3.63, 3.8) is 0 Å². The highest BCUT2D eigenvalue weighted by Gasteiger charge is 1.80. The molecule has 0 amide bonds. The molecular formula is C13H26O3S2. The number of unbranched alkanes of at least 4 members (excludes halogenated alkanes) is 2. The van der Waals surface area contributed by atoms with Gasteiger partial charge in [0.1, 0.15) is 0 Å². The Bertz CT molecular complexity index is 214. The fourth-order valence-corrected chi connectivity index (χ4v) is 0.673. The van der Waals surface area contributed by atoms with Crippen molar-refractivity contribution in [2.75, 3.05) is 6.61 Å². The van der Waals surface area contributed by atoms with Crippen molar-refractivity contribution in [1.82, 2.24) is 0 Å². The summed E-state index contributed by atoms with van der Waals surface area (Å²) in [5, 5.41) is 0.188. The van der Waals surface area contributed by atoms with Gasteiger partial charge in [-0.2, -0.15) is 0 Å². The lowest BCUT2D eigenvalue weighted by molar-refractivity contribution is -0.106. The fourth-order valence-electron chi connectivity index (χ4n) is 0.555. The van der Waals surface area contributed by atoms with Crippen molar-refractivity contribution >= 4 is 35.0 Å². The van der Waals surface area contributed by atoms with E-state index in [1.54, 1.807) is 0 Å². The molecule has 0 aliphatic carbocycles. The Morgan fingerprint density at radius 3 is 1.67 bits per heavy atom. The maximum absolute atomic E-state index is 9.56. The largest absolute Gasteiger partial charge is 0.484 e. The van der Waals surface area contributed by atoms with Crippen molar-refractivity contribution in [1.29, 1.82) is 0 Å². The Balaban J connectivity index is -0.0000000813. The molecule has 0 aromatic heterocycles. The third-order valence-electron chi connectivity index (χ3n) is 1.33. The first-order chi connectivity index (χ1) is 7.99. The Hall–Kier alpha value is -0.650. The van der Waals surface area contributed by atoms with Crippen LogP contribution in [0.3, 0.4) is 0 Å². The number of thiocarbonyl (C=S) groups is 1. The van der Waals surface area contributed by atoms with Gasteiger partial charge in [-0.05, 0) is 31.3 Å². The van der Waals surface area contributed by atoms with Crippen LogP contribution in [0.5, 0.6) is 0 Å². The zero-order valence-electron chi connectivity index (χ0n) is 11.6. The molecule has 0 unspecified atom stereocenters. The topological polar surface area (TPSA) is 57.8 Å². The number of thiol groups is 1. The number of carbonyl (C=O) groups is 1. The molecule has 0 aromatic carbocycles. The summed E-state index contributed by atoms with van der Waals surface area (Å²) in [6.45, 7) is 13.5. The first kappa shape index (κ1) is 26.0. The highest BCUT2D eigenvalue weighted by molar-refractivity contribution is 7.97. The maximum atomic E-state index is 9.56. The molecule has 0 saturated carbocycles. The lowest BCUT2D eigenvalue weighted by atomic mass is 10.3. The SMILES string of the molecule is C=CC(=O)S.C=CC(=S)OCC.CCCCC.O. The molecule has 108 valence electrons. The smallest absolute Gasteiger partial charge is 0.208 e. The first-order valence-corrected chi connectivity index (χ1v) is 6.50. The van der Waals surface area contributed by atoms with Gasteiger partial charge >= 0.3 is 0 Å². The van der Waals surface area contributed by atoms with Gasteiger partial charge in [-0.15, -0.1) is 12.6 Å². The van der Waals surface area contributed by atoms with Crippen LogP contribution >= 0.6 is 24.8 Å². The number of hydrogen-bond acceptors (Lipinski definition) is 3. The van der Waals surface area contributed by atoms with Crippen molar-refractivity contribution in [2.45, 2.75) is 40.0 Å². The highest BCUT2D eigenvalue weighted by Crippen LogP contribution is 1.88. The zero-order valence-corrected chi connectivity index (χ0v) is 13.3. The van der Waals surface area contributed by atoms with Crippen molar-refractivity contribution in [2.24, 2.45) is 0 Å². The van der Waals surface area contributed by atoms with E-state index in [9.17, 15) is 4.79 Å². The molecule has 0 fully saturated rings. The predicted octanol–water partition coefficient (Wildman–Crippen LogP) is 3.54. The standard InChI is InChI=1S/C5H8OS.C5H12.C3H4OS.H2O/c1-3-5(7)6-4-2;1-3-5-4-2;1-2-3(4)5;/h3H,1,4H2,2H3;3-5H2,1-2H3;2H,1H2,(H,4,5);1H2. The van der Waals surface area contributed by atoms with E-state index in [-0.39, 0.29) is 10.6 Å². The van der Waals surface area contributed by atoms with Gasteiger partial charge in [-0.3, -0.25) is 4.79 Å². The molecule has 0 saturated heterocycles. The molecule has 0 radical (unpaired) electrons. The van der Waals surface area contributed by atoms with Gasteiger partial charge in [-0.1, -0.05) is 46.3 Å². The summed E-state index contributed by atoms with van der Waals surface area (Å²) >= 11 is 7.96. The van der Waals surface area contributed by atoms with Crippen molar-refractivity contribution < 1.29 is 15.0 Å². The second kappa shape index (κ2) is 25.3. The van der Waals surface area contributed by atoms with Crippen LogP contribution in [0.2, 0.25) is 0 Å². The molecular weight excluding hydrogens is 268 g/mol. The van der Waals surface area contributed by atoms with Gasteiger partial charge < -0.3 is 10.2 Å². The molecule has 0 atom stereocenters. The molecule has 0 aromatic rings. The summed E-state index contributed by atoms with van der Waals surface area (Å²) in [4.78, 5) is 9.56. The summed E-state index contributed by atoms with van der Waals surface area (Å²) in [5.41, 5.74) is 0. The van der Waals surface area contributed by atoms with Gasteiger partial charge in [-0.25, -0.2) is 0 Å². The normalized spacial score (nSPS) is 7.11. The van der Waals surface area contributed by atoms with Crippen LogP contribution in [0.4, 0.5) is 0 Å². The van der Waals surface area contributed by atoms with Crippen LogP contribution in [0.15, 0.2) is 25.3 Å². The van der Waals surface area contributed by atoms with E-state index < -0.39 is 0 Å². The summed E-state index contributed by atoms with van der Waals surface area (Å²) in [6, 6.07) is 0. The molecule has 0 rings (SSSR count). The van der Waals surface area contributed by atoms with Crippen LogP contribution in [0, 0.1) is 0 Å². The Kier molecular flexibility index (Phi) is 36.5. The second-order valence-electron chi connectivity index (χ2n) is 2.85. The minimum atomic E-state index is -0.287. The van der Waals surface area contributed by atoms with Gasteiger partial charge in [0.05, 0.1) is 6.61 Å². The predicted molar refractivity (Wildman–Crippen MR) is 87.4 cm³/mol. The summed E-state index contributed by atoms with van der Waals surface area (Å²) in [7, 11) is 0. The lowest BCUT2D eigenvalue weighted by Crippen LogP contribution is -1.94. The molecule has 2 N–H and O–H groups in total. The van der Waals surface area contributed by atoms with Crippen LogP contribution in [-0.2, 0) is 9.53 Å². The van der Waals surface area contributed by atoms with Gasteiger partial charge in [0.2, 0.25) is 5.12 Å². The second-order valence-corrected chi connectivity index (χ2v) is 3.70. The molecule has 3 nitrogen and oxygen atoms in total. The minimum Gasteiger partial charge on any atom is -0.484 e. The Morgan fingerprint density at radius 2 is 1.61 bits per heavy atom. The lowest BCUT2D eigenvalue weighted by Gasteiger charge is -1.94. The zero-order chi connectivity index (χ0) is 14.1. The summed E-state index contributed by atoms with van der Waals surface area (Å²) in [5.74, 6) is 0. The summed E-state index contributed by atoms with van der Waals surface area (Å²) < 4.78 is 4.80. The Labute approximate surface area is 122 Å². The number of rotatable bonds is 5. The molecule has 0 bridgehead atoms. The van der Waals surface area contributed by atoms with E-state index in [1.807, 2.05) is 6.92 Å². The Morgan fingerprint density at radius 1 is 1.22 bits per heavy atom. The first-order valence-electron chi connectivity index (χ1n) is 5.64. The number of ether oxygens (including phenoxy) is 1. The number of carbonyl (C=O) groups excluding carboxylic acids is 1. The van der Waals surface area contributed by atoms with Crippen LogP contribution < -0.4 is 0 Å². The molecule has 0 spiro atoms. The molecule has 0 heterocycles. The average molecular weight is 294 g/mol. The van der Waals surface area contributed by atoms with Crippen LogP contribution in [0.1, 0.15) is 40.0 Å². The third kappa shape index (κ3) is 45.3. The molecule has 0 aliphatic heterocycles. The van der Waals surface area contributed by atoms with E-state index in [4.69, 9.17) is 4.74 Å². The van der Waals surface area contributed by atoms with E-state index in [0.29, 0.717) is 11.7 Å². The van der Waals surface area contributed by atoms with Crippen molar-refractivity contribution in [3.05, 3.63) is 25.3 Å². The van der Waals surface area contributed by atoms with E-state index >= 15 is 0 Å². The highest BCUT2D eigenvalue weighted by atomic mass is 32.1. The average Bonchev–Trinajstić information content (AvgIpc) is 2.32. The van der Waals surface area contributed by atoms with Crippen LogP contribution in [-0.4, -0.2) is 22.2 Å². The van der Waals surface area contributed by atoms with Crippen LogP contribution in [0.25, 0.3) is 0 Å². The molecule has 18 heavy (non-hydrogen) atoms. The molecule has 0 aliphatic rings.